The van der Waals surface area contributed by atoms with Gasteiger partial charge < -0.3 is 10.1 Å². The van der Waals surface area contributed by atoms with Gasteiger partial charge in [-0.25, -0.2) is 4.68 Å². The summed E-state index contributed by atoms with van der Waals surface area (Å²) in [6.45, 7) is 0.0409. The third kappa shape index (κ3) is 3.81. The van der Waals surface area contributed by atoms with Crippen molar-refractivity contribution in [3.63, 3.8) is 0 Å². The molecule has 34 heavy (non-hydrogen) atoms. The topological polar surface area (TPSA) is 93.5 Å². The Bertz CT molecular complexity index is 1380. The fourth-order valence-corrected chi connectivity index (χ4v) is 3.90. The van der Waals surface area contributed by atoms with Gasteiger partial charge >= 0.3 is 0 Å². The van der Waals surface area contributed by atoms with E-state index in [9.17, 15) is 14.4 Å². The summed E-state index contributed by atoms with van der Waals surface area (Å²) in [5.74, 6) is -0.380. The van der Waals surface area contributed by atoms with Gasteiger partial charge in [-0.1, -0.05) is 36.4 Å². The lowest BCUT2D eigenvalue weighted by Gasteiger charge is -2.16. The van der Waals surface area contributed by atoms with E-state index in [1.807, 2.05) is 30.3 Å². The summed E-state index contributed by atoms with van der Waals surface area (Å²) < 4.78 is 7.02. The number of carbonyl (C=O) groups excluding carboxylic acids is 3. The van der Waals surface area contributed by atoms with Crippen LogP contribution >= 0.6 is 0 Å². The van der Waals surface area contributed by atoms with E-state index in [1.54, 1.807) is 59.4 Å². The van der Waals surface area contributed by atoms with Crippen molar-refractivity contribution in [1.82, 2.24) is 14.7 Å². The molecule has 0 radical (unpaired) electrons. The van der Waals surface area contributed by atoms with Crippen LogP contribution in [0, 0.1) is 0 Å². The van der Waals surface area contributed by atoms with Gasteiger partial charge in [-0.3, -0.25) is 19.3 Å². The van der Waals surface area contributed by atoms with Gasteiger partial charge in [0.15, 0.2) is 5.82 Å². The van der Waals surface area contributed by atoms with Crippen molar-refractivity contribution in [2.24, 2.45) is 0 Å². The number of hydrogen-bond donors (Lipinski definition) is 1. The standard InChI is InChI=1S/C26H20N4O4/c1-34-22-12-11-17(16-29-25(32)19-9-5-6-10-20(19)26(29)33)15-21(22)24(31)27-23-13-14-30(28-23)18-7-3-2-4-8-18/h2-15H,16H2,1H3,(H,27,28,31). The fraction of sp³-hybridized carbons (Fsp3) is 0.0769. The highest BCUT2D eigenvalue weighted by Crippen LogP contribution is 2.27. The molecule has 0 bridgehead atoms. The Morgan fingerprint density at radius 1 is 0.912 bits per heavy atom. The van der Waals surface area contributed by atoms with Crippen molar-refractivity contribution in [2.45, 2.75) is 6.54 Å². The number of nitrogens with one attached hydrogen (secondary N) is 1. The van der Waals surface area contributed by atoms with Crippen LogP contribution in [0.25, 0.3) is 5.69 Å². The number of nitrogens with zero attached hydrogens (tertiary/aromatic N) is 3. The van der Waals surface area contributed by atoms with Gasteiger partial charge in [0.1, 0.15) is 5.75 Å². The van der Waals surface area contributed by atoms with Gasteiger partial charge in [0, 0.05) is 12.3 Å². The summed E-state index contributed by atoms with van der Waals surface area (Å²) in [5, 5.41) is 7.17. The monoisotopic (exact) mass is 452 g/mol. The van der Waals surface area contributed by atoms with Crippen LogP contribution in [0.2, 0.25) is 0 Å². The first-order chi connectivity index (χ1) is 16.5. The Kier molecular flexibility index (Phi) is 5.39. The van der Waals surface area contributed by atoms with E-state index in [-0.39, 0.29) is 23.9 Å². The number of carbonyl (C=O) groups is 3. The van der Waals surface area contributed by atoms with Crippen LogP contribution in [0.4, 0.5) is 5.82 Å². The van der Waals surface area contributed by atoms with Crippen molar-refractivity contribution in [3.05, 3.63) is 107 Å². The zero-order valence-corrected chi connectivity index (χ0v) is 18.3. The van der Waals surface area contributed by atoms with E-state index in [2.05, 4.69) is 10.4 Å². The van der Waals surface area contributed by atoms with Crippen molar-refractivity contribution in [3.8, 4) is 11.4 Å². The molecule has 1 aromatic heterocycles. The third-order valence-corrected chi connectivity index (χ3v) is 5.58. The molecular weight excluding hydrogens is 432 g/mol. The highest BCUT2D eigenvalue weighted by Gasteiger charge is 2.35. The third-order valence-electron chi connectivity index (χ3n) is 5.58. The molecule has 1 N–H and O–H groups in total. The molecule has 0 saturated heterocycles. The summed E-state index contributed by atoms with van der Waals surface area (Å²) in [7, 11) is 1.47. The van der Waals surface area contributed by atoms with E-state index in [4.69, 9.17) is 4.74 Å². The summed E-state index contributed by atoms with van der Waals surface area (Å²) in [6, 6.07) is 22.9. The Morgan fingerprint density at radius 2 is 1.59 bits per heavy atom. The number of imide groups is 1. The number of amides is 3. The zero-order chi connectivity index (χ0) is 23.7. The molecule has 0 atom stereocenters. The lowest BCUT2D eigenvalue weighted by Crippen LogP contribution is -2.29. The largest absolute Gasteiger partial charge is 0.496 e. The number of ether oxygens (including phenoxy) is 1. The van der Waals surface area contributed by atoms with Gasteiger partial charge in [-0.05, 0) is 42.0 Å². The van der Waals surface area contributed by atoms with Gasteiger partial charge in [0.2, 0.25) is 0 Å². The van der Waals surface area contributed by atoms with Gasteiger partial charge in [-0.15, -0.1) is 0 Å². The molecule has 0 saturated carbocycles. The maximum atomic E-state index is 13.0. The highest BCUT2D eigenvalue weighted by atomic mass is 16.5. The van der Waals surface area contributed by atoms with Crippen molar-refractivity contribution in [2.75, 3.05) is 12.4 Å². The minimum absolute atomic E-state index is 0.0409. The number of aromatic nitrogens is 2. The molecule has 8 heteroatoms. The second-order valence-corrected chi connectivity index (χ2v) is 7.71. The molecule has 2 heterocycles. The molecule has 0 unspecified atom stereocenters. The van der Waals surface area contributed by atoms with E-state index in [0.29, 0.717) is 28.3 Å². The van der Waals surface area contributed by atoms with Crippen LogP contribution < -0.4 is 10.1 Å². The van der Waals surface area contributed by atoms with Crippen LogP contribution in [0.3, 0.4) is 0 Å². The van der Waals surface area contributed by atoms with Crippen LogP contribution in [-0.2, 0) is 6.54 Å². The second-order valence-electron chi connectivity index (χ2n) is 7.71. The molecule has 0 aliphatic carbocycles. The maximum Gasteiger partial charge on any atom is 0.261 e. The number of fused-ring (bicyclic) bond motifs is 1. The maximum absolute atomic E-state index is 13.0. The van der Waals surface area contributed by atoms with Crippen LogP contribution in [0.5, 0.6) is 5.75 Å². The van der Waals surface area contributed by atoms with E-state index in [0.717, 1.165) is 5.69 Å². The Labute approximate surface area is 195 Å². The quantitative estimate of drug-likeness (QED) is 0.448. The van der Waals surface area contributed by atoms with E-state index >= 15 is 0 Å². The summed E-state index contributed by atoms with van der Waals surface area (Å²) >= 11 is 0. The number of rotatable bonds is 6. The second kappa shape index (κ2) is 8.67. The lowest BCUT2D eigenvalue weighted by atomic mass is 10.1. The van der Waals surface area contributed by atoms with E-state index < -0.39 is 5.91 Å². The summed E-state index contributed by atoms with van der Waals surface area (Å²) in [4.78, 5) is 39.6. The summed E-state index contributed by atoms with van der Waals surface area (Å²) in [5.41, 5.74) is 2.52. The molecule has 0 spiro atoms. The molecule has 168 valence electrons. The zero-order valence-electron chi connectivity index (χ0n) is 18.3. The molecule has 8 nitrogen and oxygen atoms in total. The molecule has 4 aromatic rings. The molecule has 1 aliphatic heterocycles. The number of methoxy groups -OCH3 is 1. The van der Waals surface area contributed by atoms with Gasteiger partial charge in [0.05, 0.1) is 36.0 Å². The van der Waals surface area contributed by atoms with Crippen molar-refractivity contribution < 1.29 is 19.1 Å². The number of hydrogen-bond acceptors (Lipinski definition) is 5. The molecular formula is C26H20N4O4. The normalized spacial score (nSPS) is 12.6. The van der Waals surface area contributed by atoms with Crippen LogP contribution in [0.1, 0.15) is 36.6 Å². The summed E-state index contributed by atoms with van der Waals surface area (Å²) in [6.07, 6.45) is 1.75. The van der Waals surface area contributed by atoms with Crippen molar-refractivity contribution in [1.29, 1.82) is 0 Å². The van der Waals surface area contributed by atoms with E-state index in [1.165, 1.54) is 12.0 Å². The molecule has 5 rings (SSSR count). The fourth-order valence-electron chi connectivity index (χ4n) is 3.90. The first-order valence-electron chi connectivity index (χ1n) is 10.6. The first kappa shape index (κ1) is 21.1. The average Bonchev–Trinajstić information content (AvgIpc) is 3.43. The van der Waals surface area contributed by atoms with Crippen LogP contribution in [0.15, 0.2) is 85.1 Å². The smallest absolute Gasteiger partial charge is 0.261 e. The number of para-hydroxylation sites is 1. The molecule has 0 fully saturated rings. The molecule has 3 amide bonds. The first-order valence-corrected chi connectivity index (χ1v) is 10.6. The van der Waals surface area contributed by atoms with Crippen LogP contribution in [-0.4, -0.2) is 39.5 Å². The van der Waals surface area contributed by atoms with Crippen molar-refractivity contribution >= 4 is 23.5 Å². The minimum atomic E-state index is -0.417. The Balaban J connectivity index is 1.37. The SMILES string of the molecule is COc1ccc(CN2C(=O)c3ccccc3C2=O)cc1C(=O)Nc1ccn(-c2ccccc2)n1. The lowest BCUT2D eigenvalue weighted by molar-refractivity contribution is 0.0642. The Morgan fingerprint density at radius 3 is 2.26 bits per heavy atom. The highest BCUT2D eigenvalue weighted by molar-refractivity contribution is 6.21. The average molecular weight is 452 g/mol. The molecule has 3 aromatic carbocycles. The molecule has 1 aliphatic rings. The number of anilines is 1. The van der Waals surface area contributed by atoms with Gasteiger partial charge in [0.25, 0.3) is 17.7 Å². The Hall–Kier alpha value is -4.72. The van der Waals surface area contributed by atoms with Gasteiger partial charge in [-0.2, -0.15) is 5.10 Å². The minimum Gasteiger partial charge on any atom is -0.496 e. The predicted molar refractivity (Wildman–Crippen MR) is 125 cm³/mol. The number of benzene rings is 3. The predicted octanol–water partition coefficient (Wildman–Crippen LogP) is 3.93.